The molecule has 2 aromatic heterocycles. The van der Waals surface area contributed by atoms with Crippen LogP contribution in [-0.4, -0.2) is 20.9 Å². The summed E-state index contributed by atoms with van der Waals surface area (Å²) in [6.45, 7) is 1.59. The van der Waals surface area contributed by atoms with Gasteiger partial charge in [-0.3, -0.25) is 14.6 Å². The van der Waals surface area contributed by atoms with Crippen molar-refractivity contribution in [2.45, 2.75) is 13.3 Å². The molecule has 0 bridgehead atoms. The van der Waals surface area contributed by atoms with Gasteiger partial charge in [0.1, 0.15) is 5.01 Å². The maximum absolute atomic E-state index is 12.4. The number of hydrogen-bond donors (Lipinski definition) is 3. The van der Waals surface area contributed by atoms with E-state index in [-0.39, 0.29) is 17.9 Å². The average Bonchev–Trinajstić information content (AvgIpc) is 3.09. The third-order valence-electron chi connectivity index (χ3n) is 4.28. The number of aromatic nitrogens is 3. The van der Waals surface area contributed by atoms with Gasteiger partial charge in [-0.1, -0.05) is 24.3 Å². The monoisotopic (exact) mass is 392 g/mol. The first-order valence-corrected chi connectivity index (χ1v) is 9.39. The molecule has 1 amide bonds. The van der Waals surface area contributed by atoms with E-state index in [1.165, 1.54) is 0 Å². The Morgan fingerprint density at radius 2 is 1.93 bits per heavy atom. The minimum Gasteiger partial charge on any atom is -0.326 e. The van der Waals surface area contributed by atoms with Crippen molar-refractivity contribution in [1.29, 1.82) is 0 Å². The number of anilines is 1. The third kappa shape index (κ3) is 3.63. The summed E-state index contributed by atoms with van der Waals surface area (Å²) >= 11 is 1.58. The number of amides is 1. The predicted octanol–water partition coefficient (Wildman–Crippen LogP) is 2.83. The van der Waals surface area contributed by atoms with Crippen LogP contribution in [0.2, 0.25) is 0 Å². The summed E-state index contributed by atoms with van der Waals surface area (Å²) in [5.74, 6) is -0.345. The number of rotatable bonds is 4. The Labute approximate surface area is 163 Å². The van der Waals surface area contributed by atoms with Gasteiger partial charge in [-0.2, -0.15) is 0 Å². The van der Waals surface area contributed by atoms with Crippen LogP contribution in [0.3, 0.4) is 0 Å². The highest BCUT2D eigenvalue weighted by Gasteiger charge is 2.12. The molecule has 0 saturated heterocycles. The minimum atomic E-state index is -0.588. The standard InChI is InChI=1S/C20H16N4O3S/c1-11-14(18(26)24-20(27)21-11)10-17(25)22-13-6-4-5-12(9-13)19-23-15-7-2-3-8-16(15)28-19/h2-9H,10H2,1H3,(H,22,25)(H2,21,24,26,27). The van der Waals surface area contributed by atoms with Gasteiger partial charge in [-0.05, 0) is 31.2 Å². The van der Waals surface area contributed by atoms with E-state index in [4.69, 9.17) is 0 Å². The number of hydrogen-bond acceptors (Lipinski definition) is 5. The van der Waals surface area contributed by atoms with Gasteiger partial charge in [-0.15, -0.1) is 11.3 Å². The molecule has 8 heteroatoms. The first-order valence-electron chi connectivity index (χ1n) is 8.57. The van der Waals surface area contributed by atoms with Crippen molar-refractivity contribution in [3.05, 3.63) is 80.6 Å². The van der Waals surface area contributed by atoms with E-state index in [1.54, 1.807) is 24.3 Å². The van der Waals surface area contributed by atoms with E-state index >= 15 is 0 Å². The van der Waals surface area contributed by atoms with Crippen molar-refractivity contribution >= 4 is 33.1 Å². The van der Waals surface area contributed by atoms with Gasteiger partial charge in [-0.25, -0.2) is 9.78 Å². The zero-order valence-corrected chi connectivity index (χ0v) is 15.7. The third-order valence-corrected chi connectivity index (χ3v) is 5.36. The second-order valence-electron chi connectivity index (χ2n) is 6.30. The van der Waals surface area contributed by atoms with E-state index in [0.29, 0.717) is 11.4 Å². The van der Waals surface area contributed by atoms with Gasteiger partial charge in [0.2, 0.25) is 5.91 Å². The van der Waals surface area contributed by atoms with Crippen LogP contribution in [-0.2, 0) is 11.2 Å². The van der Waals surface area contributed by atoms with E-state index in [2.05, 4.69) is 20.3 Å². The Balaban J connectivity index is 1.56. The molecule has 0 fully saturated rings. The largest absolute Gasteiger partial charge is 0.326 e. The Hall–Kier alpha value is -3.52. The number of H-pyrrole nitrogens is 2. The number of aromatic amines is 2. The highest BCUT2D eigenvalue weighted by atomic mass is 32.1. The zero-order chi connectivity index (χ0) is 19.7. The van der Waals surface area contributed by atoms with Crippen molar-refractivity contribution in [3.8, 4) is 10.6 Å². The average molecular weight is 392 g/mol. The fraction of sp³-hybridized carbons (Fsp3) is 0.100. The summed E-state index contributed by atoms with van der Waals surface area (Å²) in [6.07, 6.45) is -0.136. The first kappa shape index (κ1) is 17.9. The Morgan fingerprint density at radius 3 is 2.71 bits per heavy atom. The molecule has 2 aromatic carbocycles. The molecule has 0 atom stereocenters. The predicted molar refractivity (Wildman–Crippen MR) is 110 cm³/mol. The quantitative estimate of drug-likeness (QED) is 0.496. The Morgan fingerprint density at radius 1 is 1.11 bits per heavy atom. The summed E-state index contributed by atoms with van der Waals surface area (Å²) < 4.78 is 1.10. The van der Waals surface area contributed by atoms with Crippen LogP contribution in [0.15, 0.2) is 58.1 Å². The first-order chi connectivity index (χ1) is 13.5. The zero-order valence-electron chi connectivity index (χ0n) is 14.9. The molecule has 7 nitrogen and oxygen atoms in total. The molecule has 0 radical (unpaired) electrons. The normalized spacial score (nSPS) is 10.9. The molecule has 2 heterocycles. The van der Waals surface area contributed by atoms with Crippen LogP contribution in [0.4, 0.5) is 5.69 Å². The summed E-state index contributed by atoms with van der Waals surface area (Å²) in [5.41, 5.74) is 1.92. The molecule has 4 aromatic rings. The highest BCUT2D eigenvalue weighted by molar-refractivity contribution is 7.21. The lowest BCUT2D eigenvalue weighted by molar-refractivity contribution is -0.115. The number of carbonyl (C=O) groups excluding carboxylic acids is 1. The lowest BCUT2D eigenvalue weighted by Gasteiger charge is -2.07. The number of nitrogens with zero attached hydrogens (tertiary/aromatic N) is 1. The molecule has 140 valence electrons. The lowest BCUT2D eigenvalue weighted by Crippen LogP contribution is -2.29. The summed E-state index contributed by atoms with van der Waals surface area (Å²) in [7, 11) is 0. The maximum Gasteiger partial charge on any atom is 0.325 e. The smallest absolute Gasteiger partial charge is 0.325 e. The van der Waals surface area contributed by atoms with E-state index < -0.39 is 11.2 Å². The summed E-state index contributed by atoms with van der Waals surface area (Å²) in [4.78, 5) is 44.8. The molecule has 0 aliphatic carbocycles. The van der Waals surface area contributed by atoms with Gasteiger partial charge in [0.25, 0.3) is 5.56 Å². The fourth-order valence-electron chi connectivity index (χ4n) is 2.93. The number of thiazole rings is 1. The van der Waals surface area contributed by atoms with Crippen LogP contribution in [0.1, 0.15) is 11.3 Å². The number of carbonyl (C=O) groups is 1. The number of benzene rings is 2. The SMILES string of the molecule is Cc1[nH]c(=O)[nH]c(=O)c1CC(=O)Nc1cccc(-c2nc3ccccc3s2)c1. The van der Waals surface area contributed by atoms with Gasteiger partial charge in [0.15, 0.2) is 0 Å². The van der Waals surface area contributed by atoms with E-state index in [1.807, 2.05) is 42.5 Å². The molecule has 0 aliphatic rings. The summed E-state index contributed by atoms with van der Waals surface area (Å²) in [6, 6.07) is 15.3. The van der Waals surface area contributed by atoms with Crippen molar-refractivity contribution in [3.63, 3.8) is 0 Å². The molecule has 0 unspecified atom stereocenters. The van der Waals surface area contributed by atoms with Crippen molar-refractivity contribution in [1.82, 2.24) is 15.0 Å². The molecule has 28 heavy (non-hydrogen) atoms. The van der Waals surface area contributed by atoms with Crippen molar-refractivity contribution < 1.29 is 4.79 Å². The molecule has 0 spiro atoms. The number of aryl methyl sites for hydroxylation is 1. The van der Waals surface area contributed by atoms with Crippen LogP contribution in [0.25, 0.3) is 20.8 Å². The minimum absolute atomic E-state index is 0.136. The second kappa shape index (κ2) is 7.24. The maximum atomic E-state index is 12.4. The molecule has 3 N–H and O–H groups in total. The lowest BCUT2D eigenvalue weighted by atomic mass is 10.1. The second-order valence-corrected chi connectivity index (χ2v) is 7.33. The molecule has 4 rings (SSSR count). The van der Waals surface area contributed by atoms with Crippen molar-refractivity contribution in [2.24, 2.45) is 0 Å². The van der Waals surface area contributed by atoms with Gasteiger partial charge in [0, 0.05) is 22.5 Å². The van der Waals surface area contributed by atoms with E-state index in [0.717, 1.165) is 20.8 Å². The molecular weight excluding hydrogens is 376 g/mol. The topological polar surface area (TPSA) is 108 Å². The number of nitrogens with one attached hydrogen (secondary N) is 3. The van der Waals surface area contributed by atoms with Crippen LogP contribution in [0, 0.1) is 6.92 Å². The van der Waals surface area contributed by atoms with Gasteiger partial charge < -0.3 is 10.3 Å². The van der Waals surface area contributed by atoms with Gasteiger partial charge >= 0.3 is 5.69 Å². The van der Waals surface area contributed by atoms with Crippen LogP contribution in [0.5, 0.6) is 0 Å². The number of fused-ring (bicyclic) bond motifs is 1. The molecule has 0 aliphatic heterocycles. The van der Waals surface area contributed by atoms with E-state index in [9.17, 15) is 14.4 Å². The summed E-state index contributed by atoms with van der Waals surface area (Å²) in [5, 5.41) is 3.66. The molecule has 0 saturated carbocycles. The number of para-hydroxylation sites is 1. The van der Waals surface area contributed by atoms with Crippen LogP contribution >= 0.6 is 11.3 Å². The Kier molecular flexibility index (Phi) is 4.62. The molecular formula is C20H16N4O3S. The highest BCUT2D eigenvalue weighted by Crippen LogP contribution is 2.31. The van der Waals surface area contributed by atoms with Gasteiger partial charge in [0.05, 0.1) is 16.6 Å². The van der Waals surface area contributed by atoms with Crippen LogP contribution < -0.4 is 16.6 Å². The fourth-order valence-corrected chi connectivity index (χ4v) is 3.89. The Bertz CT molecular complexity index is 1270. The van der Waals surface area contributed by atoms with Crippen molar-refractivity contribution in [2.75, 3.05) is 5.32 Å².